The summed E-state index contributed by atoms with van der Waals surface area (Å²) >= 11 is 1.96. The summed E-state index contributed by atoms with van der Waals surface area (Å²) in [4.78, 5) is 0. The summed E-state index contributed by atoms with van der Waals surface area (Å²) < 4.78 is 0. The lowest BCUT2D eigenvalue weighted by Crippen LogP contribution is -2.41. The number of thioether (sulfide) groups is 1. The molecule has 1 fully saturated rings. The van der Waals surface area contributed by atoms with Gasteiger partial charge in [0.15, 0.2) is 0 Å². The monoisotopic (exact) mass is 271 g/mol. The van der Waals surface area contributed by atoms with Crippen LogP contribution in [0.3, 0.4) is 0 Å². The maximum atomic E-state index is 3.83. The van der Waals surface area contributed by atoms with Crippen molar-refractivity contribution >= 4 is 11.8 Å². The largest absolute Gasteiger partial charge is 0.311 e. The van der Waals surface area contributed by atoms with Crippen LogP contribution in [0, 0.1) is 11.3 Å². The van der Waals surface area contributed by atoms with Crippen LogP contribution in [0.5, 0.6) is 0 Å². The fraction of sp³-hybridized carbons (Fsp3) is 1.00. The molecule has 0 bridgehead atoms. The first kappa shape index (κ1) is 16.4. The Kier molecular flexibility index (Phi) is 7.08. The van der Waals surface area contributed by atoms with Gasteiger partial charge in [0.1, 0.15) is 0 Å². The molecule has 1 aliphatic carbocycles. The second kappa shape index (κ2) is 7.79. The van der Waals surface area contributed by atoms with Crippen LogP contribution < -0.4 is 5.32 Å². The minimum absolute atomic E-state index is 0.551. The smallest absolute Gasteiger partial charge is 0.00697 e. The van der Waals surface area contributed by atoms with E-state index >= 15 is 0 Å². The first-order chi connectivity index (χ1) is 8.49. The highest BCUT2D eigenvalue weighted by molar-refractivity contribution is 7.98. The first-order valence-corrected chi connectivity index (χ1v) is 9.14. The molecule has 0 spiro atoms. The predicted octanol–water partition coefficient (Wildman–Crippen LogP) is 4.71. The lowest BCUT2D eigenvalue weighted by Gasteiger charge is -2.39. The Balaban J connectivity index is 2.27. The fourth-order valence-corrected chi connectivity index (χ4v) is 3.70. The van der Waals surface area contributed by atoms with Gasteiger partial charge in [-0.25, -0.2) is 0 Å². The number of nitrogens with one attached hydrogen (secondary N) is 1. The van der Waals surface area contributed by atoms with E-state index < -0.39 is 0 Å². The summed E-state index contributed by atoms with van der Waals surface area (Å²) in [7, 11) is 0. The Morgan fingerprint density at radius 2 is 1.83 bits per heavy atom. The van der Waals surface area contributed by atoms with E-state index in [2.05, 4.69) is 39.3 Å². The molecular formula is C16H33NS. The van der Waals surface area contributed by atoms with E-state index in [1.807, 2.05) is 11.8 Å². The Morgan fingerprint density at radius 3 is 2.33 bits per heavy atom. The van der Waals surface area contributed by atoms with Crippen LogP contribution in [0.25, 0.3) is 0 Å². The molecule has 0 amide bonds. The molecule has 0 aromatic rings. The quantitative estimate of drug-likeness (QED) is 0.719. The average Bonchev–Trinajstić information content (AvgIpc) is 2.37. The molecule has 0 heterocycles. The zero-order valence-corrected chi connectivity index (χ0v) is 13.9. The maximum absolute atomic E-state index is 3.83. The fourth-order valence-electron chi connectivity index (χ4n) is 3.11. The zero-order valence-electron chi connectivity index (χ0n) is 13.1. The van der Waals surface area contributed by atoms with E-state index in [1.54, 1.807) is 0 Å². The van der Waals surface area contributed by atoms with E-state index in [0.717, 1.165) is 12.0 Å². The average molecular weight is 272 g/mol. The standard InChI is InChI=1S/C16H33NS/c1-6-16(3,4)14-7-9-15(10-8-14)17-13(2)11-12-18-5/h13-15,17H,6-12H2,1-5H3. The van der Waals surface area contributed by atoms with Gasteiger partial charge in [-0.2, -0.15) is 11.8 Å². The Hall–Kier alpha value is 0.310. The normalized spacial score (nSPS) is 27.2. The molecule has 0 aromatic carbocycles. The SMILES string of the molecule is CCC(C)(C)C1CCC(NC(C)CCSC)CC1. The van der Waals surface area contributed by atoms with Crippen LogP contribution >= 0.6 is 11.8 Å². The number of hydrogen-bond acceptors (Lipinski definition) is 2. The van der Waals surface area contributed by atoms with E-state index in [9.17, 15) is 0 Å². The third-order valence-electron chi connectivity index (χ3n) is 5.02. The molecule has 1 rings (SSSR count). The summed E-state index contributed by atoms with van der Waals surface area (Å²) in [5.74, 6) is 2.23. The van der Waals surface area contributed by atoms with Crippen LogP contribution in [-0.2, 0) is 0 Å². The second-order valence-electron chi connectivity index (χ2n) is 6.74. The van der Waals surface area contributed by atoms with Gasteiger partial charge < -0.3 is 5.32 Å². The molecule has 1 unspecified atom stereocenters. The molecular weight excluding hydrogens is 238 g/mol. The van der Waals surface area contributed by atoms with Gasteiger partial charge in [0.05, 0.1) is 0 Å². The number of hydrogen-bond donors (Lipinski definition) is 1. The zero-order chi connectivity index (χ0) is 13.6. The molecule has 1 atom stereocenters. The number of rotatable bonds is 7. The molecule has 0 aliphatic heterocycles. The topological polar surface area (TPSA) is 12.0 Å². The van der Waals surface area contributed by atoms with Crippen molar-refractivity contribution in [2.24, 2.45) is 11.3 Å². The van der Waals surface area contributed by atoms with Gasteiger partial charge in [-0.05, 0) is 62.4 Å². The molecule has 0 aromatic heterocycles. The molecule has 1 saturated carbocycles. The van der Waals surface area contributed by atoms with Crippen LogP contribution in [-0.4, -0.2) is 24.1 Å². The summed E-state index contributed by atoms with van der Waals surface area (Å²) in [6.07, 6.45) is 10.4. The Morgan fingerprint density at radius 1 is 1.22 bits per heavy atom. The third-order valence-corrected chi connectivity index (χ3v) is 5.66. The van der Waals surface area contributed by atoms with Gasteiger partial charge in [0.2, 0.25) is 0 Å². The summed E-state index contributed by atoms with van der Waals surface area (Å²) in [6.45, 7) is 9.59. The lowest BCUT2D eigenvalue weighted by molar-refractivity contribution is 0.134. The van der Waals surface area contributed by atoms with Crippen molar-refractivity contribution < 1.29 is 0 Å². The molecule has 0 saturated heterocycles. The second-order valence-corrected chi connectivity index (χ2v) is 7.73. The van der Waals surface area contributed by atoms with Crippen LogP contribution in [0.2, 0.25) is 0 Å². The highest BCUT2D eigenvalue weighted by atomic mass is 32.2. The Bertz CT molecular complexity index is 219. The molecule has 0 radical (unpaired) electrons. The molecule has 1 nitrogen and oxygen atoms in total. The highest BCUT2D eigenvalue weighted by Crippen LogP contribution is 2.40. The Labute approximate surface area is 119 Å². The van der Waals surface area contributed by atoms with Crippen molar-refractivity contribution in [2.45, 2.75) is 78.3 Å². The first-order valence-electron chi connectivity index (χ1n) is 7.74. The molecule has 18 heavy (non-hydrogen) atoms. The third kappa shape index (κ3) is 5.13. The van der Waals surface area contributed by atoms with Gasteiger partial charge in [-0.15, -0.1) is 0 Å². The van der Waals surface area contributed by atoms with Gasteiger partial charge in [-0.3, -0.25) is 0 Å². The van der Waals surface area contributed by atoms with Crippen molar-refractivity contribution in [1.82, 2.24) is 5.32 Å². The summed E-state index contributed by atoms with van der Waals surface area (Å²) in [5.41, 5.74) is 0.551. The molecule has 2 heteroatoms. The van der Waals surface area contributed by atoms with E-state index in [0.29, 0.717) is 11.5 Å². The van der Waals surface area contributed by atoms with E-state index in [1.165, 1.54) is 44.3 Å². The minimum Gasteiger partial charge on any atom is -0.311 e. The summed E-state index contributed by atoms with van der Waals surface area (Å²) in [5, 5.41) is 3.83. The van der Waals surface area contributed by atoms with E-state index in [4.69, 9.17) is 0 Å². The summed E-state index contributed by atoms with van der Waals surface area (Å²) in [6, 6.07) is 1.48. The van der Waals surface area contributed by atoms with Crippen molar-refractivity contribution in [3.8, 4) is 0 Å². The van der Waals surface area contributed by atoms with Crippen molar-refractivity contribution in [3.63, 3.8) is 0 Å². The lowest BCUT2D eigenvalue weighted by atomic mass is 9.69. The van der Waals surface area contributed by atoms with Crippen LogP contribution in [0.15, 0.2) is 0 Å². The molecule has 108 valence electrons. The van der Waals surface area contributed by atoms with Crippen LogP contribution in [0.4, 0.5) is 0 Å². The van der Waals surface area contributed by atoms with Gasteiger partial charge in [-0.1, -0.05) is 27.2 Å². The van der Waals surface area contributed by atoms with Crippen molar-refractivity contribution in [2.75, 3.05) is 12.0 Å². The molecule has 1 N–H and O–H groups in total. The van der Waals surface area contributed by atoms with Crippen molar-refractivity contribution in [1.29, 1.82) is 0 Å². The van der Waals surface area contributed by atoms with Gasteiger partial charge in [0, 0.05) is 12.1 Å². The van der Waals surface area contributed by atoms with Crippen molar-refractivity contribution in [3.05, 3.63) is 0 Å². The van der Waals surface area contributed by atoms with Gasteiger partial charge >= 0.3 is 0 Å². The maximum Gasteiger partial charge on any atom is 0.00697 e. The minimum atomic E-state index is 0.551. The predicted molar refractivity (Wildman–Crippen MR) is 85.4 cm³/mol. The highest BCUT2D eigenvalue weighted by Gasteiger charge is 2.31. The van der Waals surface area contributed by atoms with Crippen LogP contribution in [0.1, 0.15) is 66.2 Å². The van der Waals surface area contributed by atoms with Gasteiger partial charge in [0.25, 0.3) is 0 Å². The molecule has 1 aliphatic rings. The van der Waals surface area contributed by atoms with E-state index in [-0.39, 0.29) is 0 Å².